The van der Waals surface area contributed by atoms with E-state index in [9.17, 15) is 4.79 Å². The molecule has 2 aromatic heterocycles. The highest BCUT2D eigenvalue weighted by Crippen LogP contribution is 2.21. The van der Waals surface area contributed by atoms with Crippen molar-refractivity contribution in [3.8, 4) is 0 Å². The van der Waals surface area contributed by atoms with Crippen LogP contribution < -0.4 is 0 Å². The van der Waals surface area contributed by atoms with Crippen LogP contribution in [0.1, 0.15) is 28.8 Å². The number of hydrogen-bond donors (Lipinski definition) is 0. The highest BCUT2D eigenvalue weighted by Gasteiger charge is 2.22. The van der Waals surface area contributed by atoms with Gasteiger partial charge in [-0.25, -0.2) is 0 Å². The van der Waals surface area contributed by atoms with Crippen molar-refractivity contribution in [1.82, 2.24) is 24.5 Å². The second kappa shape index (κ2) is 5.66. The van der Waals surface area contributed by atoms with Crippen LogP contribution in [0.15, 0.2) is 12.3 Å². The van der Waals surface area contributed by atoms with Crippen molar-refractivity contribution in [3.05, 3.63) is 34.4 Å². The molecule has 0 atom stereocenters. The number of halogens is 1. The molecule has 0 aliphatic rings. The van der Waals surface area contributed by atoms with Crippen LogP contribution >= 0.6 is 11.6 Å². The molecule has 0 saturated carbocycles. The molecular formula is C13H18ClN5O. The van der Waals surface area contributed by atoms with E-state index in [-0.39, 0.29) is 5.91 Å². The van der Waals surface area contributed by atoms with Crippen LogP contribution in [0.4, 0.5) is 0 Å². The lowest BCUT2D eigenvalue weighted by atomic mass is 10.3. The van der Waals surface area contributed by atoms with E-state index < -0.39 is 0 Å². The summed E-state index contributed by atoms with van der Waals surface area (Å²) in [5.74, 6) is -0.151. The first kappa shape index (κ1) is 14.6. The molecule has 7 heteroatoms. The van der Waals surface area contributed by atoms with Gasteiger partial charge in [0.2, 0.25) is 0 Å². The Morgan fingerprint density at radius 3 is 2.75 bits per heavy atom. The Morgan fingerprint density at radius 1 is 1.50 bits per heavy atom. The quantitative estimate of drug-likeness (QED) is 0.865. The number of hydrogen-bond acceptors (Lipinski definition) is 3. The average molecular weight is 296 g/mol. The lowest BCUT2D eigenvalue weighted by Crippen LogP contribution is -2.29. The normalized spacial score (nSPS) is 10.8. The number of rotatable bonds is 4. The summed E-state index contributed by atoms with van der Waals surface area (Å²) in [5.41, 5.74) is 2.05. The van der Waals surface area contributed by atoms with Crippen molar-refractivity contribution in [2.75, 3.05) is 7.05 Å². The Morgan fingerprint density at radius 2 is 2.20 bits per heavy atom. The van der Waals surface area contributed by atoms with Crippen LogP contribution in [0.25, 0.3) is 0 Å². The SMILES string of the molecule is CCn1nccc1CN(C)C(=O)c1c(Cl)c(C)nn1C. The van der Waals surface area contributed by atoms with Crippen molar-refractivity contribution < 1.29 is 4.79 Å². The highest BCUT2D eigenvalue weighted by molar-refractivity contribution is 6.34. The topological polar surface area (TPSA) is 56.0 Å². The molecule has 20 heavy (non-hydrogen) atoms. The van der Waals surface area contributed by atoms with Gasteiger partial charge in [-0.15, -0.1) is 0 Å². The second-order valence-electron chi connectivity index (χ2n) is 4.67. The van der Waals surface area contributed by atoms with E-state index in [1.165, 1.54) is 4.68 Å². The van der Waals surface area contributed by atoms with Crippen LogP contribution in [0.3, 0.4) is 0 Å². The van der Waals surface area contributed by atoms with E-state index in [2.05, 4.69) is 10.2 Å². The number of carbonyl (C=O) groups is 1. The monoisotopic (exact) mass is 295 g/mol. The van der Waals surface area contributed by atoms with Gasteiger partial charge in [0.25, 0.3) is 5.91 Å². The van der Waals surface area contributed by atoms with E-state index in [0.717, 1.165) is 12.2 Å². The zero-order valence-corrected chi connectivity index (χ0v) is 12.8. The molecule has 2 rings (SSSR count). The van der Waals surface area contributed by atoms with E-state index >= 15 is 0 Å². The molecule has 0 N–H and O–H groups in total. The molecule has 0 radical (unpaired) electrons. The van der Waals surface area contributed by atoms with Gasteiger partial charge in [0.15, 0.2) is 0 Å². The molecule has 0 spiro atoms. The van der Waals surface area contributed by atoms with Crippen molar-refractivity contribution in [2.24, 2.45) is 7.05 Å². The predicted molar refractivity (Wildman–Crippen MR) is 76.7 cm³/mol. The number of aromatic nitrogens is 4. The molecule has 1 amide bonds. The molecular weight excluding hydrogens is 278 g/mol. The first-order valence-corrected chi connectivity index (χ1v) is 6.78. The van der Waals surface area contributed by atoms with Crippen molar-refractivity contribution in [1.29, 1.82) is 0 Å². The molecule has 0 unspecified atom stereocenters. The maximum atomic E-state index is 12.5. The summed E-state index contributed by atoms with van der Waals surface area (Å²) < 4.78 is 3.38. The van der Waals surface area contributed by atoms with E-state index in [1.807, 2.05) is 17.7 Å². The van der Waals surface area contributed by atoms with Crippen molar-refractivity contribution >= 4 is 17.5 Å². The average Bonchev–Trinajstić information content (AvgIpc) is 2.94. The van der Waals surface area contributed by atoms with Crippen molar-refractivity contribution in [2.45, 2.75) is 26.9 Å². The third kappa shape index (κ3) is 2.56. The molecule has 0 aliphatic heterocycles. The third-order valence-corrected chi connectivity index (χ3v) is 3.65. The van der Waals surface area contributed by atoms with Crippen LogP contribution in [-0.2, 0) is 20.1 Å². The van der Waals surface area contributed by atoms with Crippen molar-refractivity contribution in [3.63, 3.8) is 0 Å². The highest BCUT2D eigenvalue weighted by atomic mass is 35.5. The minimum atomic E-state index is -0.151. The lowest BCUT2D eigenvalue weighted by Gasteiger charge is -2.18. The summed E-state index contributed by atoms with van der Waals surface area (Å²) in [6.07, 6.45) is 1.73. The Balaban J connectivity index is 2.21. The van der Waals surface area contributed by atoms with Crippen LogP contribution in [-0.4, -0.2) is 37.4 Å². The molecule has 0 aliphatic carbocycles. The number of carbonyl (C=O) groups excluding carboxylic acids is 1. The first-order valence-electron chi connectivity index (χ1n) is 6.41. The standard InChI is InChI=1S/C13H18ClN5O/c1-5-19-10(6-7-15-19)8-17(3)13(20)12-11(14)9(2)16-18(12)4/h6-7H,5,8H2,1-4H3. The van der Waals surface area contributed by atoms with Gasteiger partial charge in [0.05, 0.1) is 23.0 Å². The molecule has 0 fully saturated rings. The fourth-order valence-electron chi connectivity index (χ4n) is 2.14. The second-order valence-corrected chi connectivity index (χ2v) is 5.05. The molecule has 2 aromatic rings. The van der Waals surface area contributed by atoms with E-state index in [1.54, 1.807) is 32.1 Å². The molecule has 0 aromatic carbocycles. The summed E-state index contributed by atoms with van der Waals surface area (Å²) in [6.45, 7) is 5.05. The summed E-state index contributed by atoms with van der Waals surface area (Å²) in [5, 5.41) is 8.77. The zero-order valence-electron chi connectivity index (χ0n) is 12.1. The Kier molecular flexibility index (Phi) is 4.13. The first-order chi connectivity index (χ1) is 9.45. The molecule has 108 valence electrons. The predicted octanol–water partition coefficient (Wildman–Crippen LogP) is 1.87. The largest absolute Gasteiger partial charge is 0.334 e. The van der Waals surface area contributed by atoms with Gasteiger partial charge >= 0.3 is 0 Å². The van der Waals surface area contributed by atoms with Crippen LogP contribution in [0.5, 0.6) is 0 Å². The van der Waals surface area contributed by atoms with E-state index in [4.69, 9.17) is 11.6 Å². The molecule has 2 heterocycles. The fraction of sp³-hybridized carbons (Fsp3) is 0.462. The summed E-state index contributed by atoms with van der Waals surface area (Å²) in [7, 11) is 3.46. The van der Waals surface area contributed by atoms with Crippen LogP contribution in [0, 0.1) is 6.92 Å². The zero-order chi connectivity index (χ0) is 14.9. The van der Waals surface area contributed by atoms with Gasteiger partial charge in [0, 0.05) is 26.8 Å². The Labute approximate surface area is 122 Å². The Bertz CT molecular complexity index is 631. The minimum Gasteiger partial charge on any atom is -0.334 e. The van der Waals surface area contributed by atoms with Gasteiger partial charge in [0.1, 0.15) is 5.69 Å². The van der Waals surface area contributed by atoms with E-state index in [0.29, 0.717) is 23.0 Å². The van der Waals surface area contributed by atoms with Crippen LogP contribution in [0.2, 0.25) is 5.02 Å². The van der Waals surface area contributed by atoms with Gasteiger partial charge in [-0.3, -0.25) is 14.2 Å². The number of nitrogens with zero attached hydrogens (tertiary/aromatic N) is 5. The number of aryl methyl sites for hydroxylation is 3. The third-order valence-electron chi connectivity index (χ3n) is 3.20. The maximum Gasteiger partial charge on any atom is 0.273 e. The molecule has 0 saturated heterocycles. The molecule has 6 nitrogen and oxygen atoms in total. The van der Waals surface area contributed by atoms with Gasteiger partial charge < -0.3 is 4.90 Å². The maximum absolute atomic E-state index is 12.5. The lowest BCUT2D eigenvalue weighted by molar-refractivity contribution is 0.0771. The molecule has 0 bridgehead atoms. The summed E-state index contributed by atoms with van der Waals surface area (Å²) in [4.78, 5) is 14.1. The minimum absolute atomic E-state index is 0.151. The summed E-state index contributed by atoms with van der Waals surface area (Å²) in [6, 6.07) is 1.91. The summed E-state index contributed by atoms with van der Waals surface area (Å²) >= 11 is 6.15. The number of amides is 1. The van der Waals surface area contributed by atoms with Gasteiger partial charge in [-0.2, -0.15) is 10.2 Å². The van der Waals surface area contributed by atoms with Gasteiger partial charge in [-0.1, -0.05) is 11.6 Å². The fourth-order valence-corrected chi connectivity index (χ4v) is 2.38. The smallest absolute Gasteiger partial charge is 0.273 e. The Hall–Kier alpha value is -1.82. The van der Waals surface area contributed by atoms with Gasteiger partial charge in [-0.05, 0) is 19.9 Å².